The van der Waals surface area contributed by atoms with Crippen molar-refractivity contribution in [3.63, 3.8) is 0 Å². The predicted molar refractivity (Wildman–Crippen MR) is 152 cm³/mol. The van der Waals surface area contributed by atoms with Gasteiger partial charge >= 0.3 is 0 Å². The van der Waals surface area contributed by atoms with E-state index in [9.17, 15) is 37.3 Å². The van der Waals surface area contributed by atoms with Crippen molar-refractivity contribution in [3.05, 3.63) is 53.3 Å². The number of aliphatic hydroxyl groups excluding tert-OH is 2. The first-order valence-corrected chi connectivity index (χ1v) is 16.1. The Balaban J connectivity index is 1.78. The molecule has 0 aromatic heterocycles. The van der Waals surface area contributed by atoms with E-state index < -0.39 is 32.3 Å². The maximum Gasteiger partial charge on any atom is 0.264 e. The van der Waals surface area contributed by atoms with E-state index in [-0.39, 0.29) is 58.3 Å². The summed E-state index contributed by atoms with van der Waals surface area (Å²) in [5, 5.41) is 43.1. The number of aliphatic hydroxyl groups is 2. The van der Waals surface area contributed by atoms with Gasteiger partial charge in [0.25, 0.3) is 20.2 Å². The number of hydrogen-bond acceptors (Lipinski definition) is 10. The van der Waals surface area contributed by atoms with Crippen molar-refractivity contribution in [2.24, 2.45) is 0 Å². The Morgan fingerprint density at radius 3 is 1.62 bits per heavy atom. The van der Waals surface area contributed by atoms with E-state index in [0.29, 0.717) is 37.6 Å². The summed E-state index contributed by atoms with van der Waals surface area (Å²) in [6.45, 7) is 5.36. The fourth-order valence-corrected chi connectivity index (χ4v) is 5.89. The summed E-state index contributed by atoms with van der Waals surface area (Å²) in [4.78, 5) is 3.62. The molecule has 3 rings (SSSR count). The quantitative estimate of drug-likeness (QED) is 0.174. The number of nitrogens with zero attached hydrogens (tertiary/aromatic N) is 2. The minimum absolute atomic E-state index is 0.118. The van der Waals surface area contributed by atoms with E-state index in [0.717, 1.165) is 0 Å². The fourth-order valence-electron chi connectivity index (χ4n) is 4.91. The first kappa shape index (κ1) is 31.5. The number of anilines is 2. The molecule has 0 bridgehead atoms. The van der Waals surface area contributed by atoms with Gasteiger partial charge in [0, 0.05) is 66.4 Å². The summed E-state index contributed by atoms with van der Waals surface area (Å²) in [5.74, 6) is -2.29. The van der Waals surface area contributed by atoms with Gasteiger partial charge in [0.05, 0.1) is 23.5 Å². The van der Waals surface area contributed by atoms with Crippen molar-refractivity contribution in [1.29, 1.82) is 0 Å². The summed E-state index contributed by atoms with van der Waals surface area (Å²) in [6, 6.07) is 9.34. The van der Waals surface area contributed by atoms with Crippen LogP contribution >= 0.6 is 0 Å². The number of phenolic OH excluding ortho intramolecular Hbond substituents is 2. The molecule has 0 amide bonds. The molecule has 1 aliphatic rings. The zero-order valence-corrected chi connectivity index (χ0v) is 23.9. The van der Waals surface area contributed by atoms with Gasteiger partial charge in [-0.15, -0.1) is 0 Å². The lowest BCUT2D eigenvalue weighted by Gasteiger charge is -2.37. The van der Waals surface area contributed by atoms with Gasteiger partial charge in [-0.05, 0) is 44.9 Å². The molecule has 2 unspecified atom stereocenters. The first-order chi connectivity index (χ1) is 18.7. The van der Waals surface area contributed by atoms with Crippen LogP contribution in [0.25, 0.3) is 5.57 Å². The van der Waals surface area contributed by atoms with Crippen LogP contribution < -0.4 is 9.80 Å². The van der Waals surface area contributed by atoms with E-state index in [2.05, 4.69) is 0 Å². The van der Waals surface area contributed by atoms with Gasteiger partial charge in [-0.25, -0.2) is 0 Å². The summed E-state index contributed by atoms with van der Waals surface area (Å²) >= 11 is 0. The van der Waals surface area contributed by atoms with Crippen LogP contribution in [0.2, 0.25) is 0 Å². The molecule has 6 N–H and O–H groups in total. The van der Waals surface area contributed by atoms with Crippen molar-refractivity contribution in [2.75, 3.05) is 47.5 Å². The largest absolute Gasteiger partial charge is 0.511 e. The van der Waals surface area contributed by atoms with Gasteiger partial charge in [0.2, 0.25) is 0 Å². The molecule has 0 saturated heterocycles. The van der Waals surface area contributed by atoms with Gasteiger partial charge in [-0.2, -0.15) is 16.8 Å². The summed E-state index contributed by atoms with van der Waals surface area (Å²) < 4.78 is 61.9. The van der Waals surface area contributed by atoms with Crippen LogP contribution in [-0.4, -0.2) is 90.2 Å². The van der Waals surface area contributed by atoms with Crippen LogP contribution in [0, 0.1) is 0 Å². The van der Waals surface area contributed by atoms with Crippen LogP contribution in [-0.2, 0) is 20.2 Å². The van der Waals surface area contributed by atoms with E-state index in [1.807, 2.05) is 23.6 Å². The molecule has 12 nitrogen and oxygen atoms in total. The van der Waals surface area contributed by atoms with Crippen LogP contribution in [0.15, 0.2) is 42.2 Å². The molecule has 40 heavy (non-hydrogen) atoms. The third kappa shape index (κ3) is 7.57. The highest BCUT2D eigenvalue weighted by Gasteiger charge is 2.43. The number of phenols is 2. The van der Waals surface area contributed by atoms with Crippen LogP contribution in [0.3, 0.4) is 0 Å². The number of aromatic hydroxyl groups is 2. The average Bonchev–Trinajstić information content (AvgIpc) is 2.86. The van der Waals surface area contributed by atoms with Gasteiger partial charge < -0.3 is 30.2 Å². The molecule has 0 heterocycles. The summed E-state index contributed by atoms with van der Waals surface area (Å²) in [7, 11) is -8.16. The van der Waals surface area contributed by atoms with Gasteiger partial charge in [0.15, 0.2) is 0 Å². The molecular weight excluding hydrogens is 564 g/mol. The van der Waals surface area contributed by atoms with Crippen molar-refractivity contribution >= 4 is 37.2 Å². The van der Waals surface area contributed by atoms with E-state index in [1.54, 1.807) is 18.2 Å². The van der Waals surface area contributed by atoms with Crippen molar-refractivity contribution in [3.8, 4) is 11.5 Å². The highest BCUT2D eigenvalue weighted by atomic mass is 32.2. The molecule has 14 heteroatoms. The standard InChI is InChI=1S/C26H36N2O10S2/c1-3-27(11-5-13-39(33,34)35)17-7-9-19(21(29)15-17)23-25(31)24(26(23)32)20-10-8-18(16-22(20)30)28(4-2)12-6-14-40(36,37)38/h7-10,15-16,23,25,29-32H,3-6,11-14H2,1-2H3,(H,33,34,35)(H,36,37,38). The average molecular weight is 601 g/mol. The Bertz CT molecular complexity index is 1460. The maximum absolute atomic E-state index is 11.0. The number of benzene rings is 2. The van der Waals surface area contributed by atoms with Crippen molar-refractivity contribution in [1.82, 2.24) is 0 Å². The SMILES string of the molecule is CCN(CCCS(=O)(=O)O)c1ccc(C2=C(O)C(c3ccc(N(CC)CCCS(=O)(=O)O)cc3O)C2O)c(O)c1. The van der Waals surface area contributed by atoms with Crippen molar-refractivity contribution in [2.45, 2.75) is 38.7 Å². The van der Waals surface area contributed by atoms with E-state index in [4.69, 9.17) is 9.11 Å². The van der Waals surface area contributed by atoms with Gasteiger partial charge in [0.1, 0.15) is 17.3 Å². The lowest BCUT2D eigenvalue weighted by molar-refractivity contribution is 0.151. The van der Waals surface area contributed by atoms with Gasteiger partial charge in [-0.3, -0.25) is 9.11 Å². The van der Waals surface area contributed by atoms with Crippen LogP contribution in [0.5, 0.6) is 11.5 Å². The third-order valence-corrected chi connectivity index (χ3v) is 8.57. The topological polar surface area (TPSA) is 196 Å². The predicted octanol–water partition coefficient (Wildman–Crippen LogP) is 2.73. The Kier molecular flexibility index (Phi) is 9.95. The third-order valence-electron chi connectivity index (χ3n) is 6.96. The monoisotopic (exact) mass is 600 g/mol. The van der Waals surface area contributed by atoms with Crippen LogP contribution in [0.4, 0.5) is 11.4 Å². The number of hydrogen-bond donors (Lipinski definition) is 6. The zero-order valence-electron chi connectivity index (χ0n) is 22.3. The molecule has 0 aliphatic heterocycles. The second kappa shape index (κ2) is 12.6. The van der Waals surface area contributed by atoms with Crippen molar-refractivity contribution < 1.29 is 46.4 Å². The molecule has 0 fully saturated rings. The molecule has 2 aromatic rings. The number of rotatable bonds is 14. The Morgan fingerprint density at radius 1 is 0.750 bits per heavy atom. The molecule has 222 valence electrons. The minimum Gasteiger partial charge on any atom is -0.511 e. The Labute approximate surface area is 234 Å². The lowest BCUT2D eigenvalue weighted by atomic mass is 9.73. The molecule has 0 spiro atoms. The molecule has 0 radical (unpaired) electrons. The highest BCUT2D eigenvalue weighted by molar-refractivity contribution is 7.86. The Morgan fingerprint density at radius 2 is 1.23 bits per heavy atom. The second-order valence-corrected chi connectivity index (χ2v) is 12.7. The zero-order chi connectivity index (χ0) is 29.8. The smallest absolute Gasteiger partial charge is 0.264 e. The fraction of sp³-hybridized carbons (Fsp3) is 0.462. The highest BCUT2D eigenvalue weighted by Crippen LogP contribution is 2.50. The second-order valence-electron chi connectivity index (χ2n) is 9.60. The Hall–Kier alpha value is -3.04. The maximum atomic E-state index is 11.0. The van der Waals surface area contributed by atoms with Crippen LogP contribution in [0.1, 0.15) is 43.7 Å². The summed E-state index contributed by atoms with van der Waals surface area (Å²) in [5.41, 5.74) is 1.80. The van der Waals surface area contributed by atoms with E-state index in [1.165, 1.54) is 18.2 Å². The molecule has 0 saturated carbocycles. The normalized spacial score (nSPS) is 17.5. The molecule has 2 aromatic carbocycles. The minimum atomic E-state index is -4.08. The first-order valence-electron chi connectivity index (χ1n) is 12.8. The van der Waals surface area contributed by atoms with Gasteiger partial charge in [-0.1, -0.05) is 6.07 Å². The molecular formula is C26H36N2O10S2. The lowest BCUT2D eigenvalue weighted by Crippen LogP contribution is -2.33. The summed E-state index contributed by atoms with van der Waals surface area (Å²) in [6.07, 6.45) is -0.848. The molecule has 1 aliphatic carbocycles. The van der Waals surface area contributed by atoms with E-state index >= 15 is 0 Å². The molecule has 2 atom stereocenters.